The summed E-state index contributed by atoms with van der Waals surface area (Å²) >= 11 is 3.50. The summed E-state index contributed by atoms with van der Waals surface area (Å²) < 4.78 is 13.7. The van der Waals surface area contributed by atoms with Crippen LogP contribution in [0.4, 0.5) is 0 Å². The maximum Gasteiger partial charge on any atom is 0.162 e. The zero-order chi connectivity index (χ0) is 14.7. The zero-order valence-electron chi connectivity index (χ0n) is 11.5. The van der Waals surface area contributed by atoms with Crippen LogP contribution in [-0.2, 0) is 13.7 Å². The van der Waals surface area contributed by atoms with Crippen molar-refractivity contribution in [3.63, 3.8) is 0 Å². The lowest BCUT2D eigenvalue weighted by Gasteiger charge is -2.11. The van der Waals surface area contributed by atoms with Gasteiger partial charge in [-0.2, -0.15) is 10.4 Å². The predicted molar refractivity (Wildman–Crippen MR) is 77.7 cm³/mol. The first-order valence-electron chi connectivity index (χ1n) is 5.95. The van der Waals surface area contributed by atoms with E-state index in [-0.39, 0.29) is 0 Å². The lowest BCUT2D eigenvalue weighted by Crippen LogP contribution is -2.04. The normalized spacial score (nSPS) is 10.2. The Bertz CT molecular complexity index is 674. The van der Waals surface area contributed by atoms with Crippen molar-refractivity contribution in [2.75, 3.05) is 7.11 Å². The number of nitrogens with zero attached hydrogens (tertiary/aromatic N) is 3. The van der Waals surface area contributed by atoms with Crippen LogP contribution in [0.3, 0.4) is 0 Å². The molecule has 0 atom stereocenters. The highest BCUT2D eigenvalue weighted by molar-refractivity contribution is 9.10. The fourth-order valence-electron chi connectivity index (χ4n) is 1.84. The molecule has 0 fully saturated rings. The molecule has 1 aromatic heterocycles. The Hall–Kier alpha value is -2.00. The van der Waals surface area contributed by atoms with E-state index in [0.29, 0.717) is 23.7 Å². The van der Waals surface area contributed by atoms with Gasteiger partial charge in [-0.25, -0.2) is 0 Å². The molecule has 2 aromatic rings. The molecule has 0 aliphatic heterocycles. The summed E-state index contributed by atoms with van der Waals surface area (Å²) in [6, 6.07) is 7.15. The van der Waals surface area contributed by atoms with Crippen LogP contribution in [0.1, 0.15) is 17.0 Å². The van der Waals surface area contributed by atoms with Gasteiger partial charge in [0.1, 0.15) is 6.61 Å². The molecule has 1 aromatic carbocycles. The first-order chi connectivity index (χ1) is 9.56. The first-order valence-corrected chi connectivity index (χ1v) is 6.75. The number of halogens is 1. The van der Waals surface area contributed by atoms with Crippen LogP contribution in [0.2, 0.25) is 0 Å². The van der Waals surface area contributed by atoms with Gasteiger partial charge in [-0.15, -0.1) is 0 Å². The SMILES string of the molecule is COc1cc(C#N)ccc1OCc1c(Br)c(C)nn1C. The molecule has 6 heteroatoms. The third-order valence-electron chi connectivity index (χ3n) is 2.92. The lowest BCUT2D eigenvalue weighted by atomic mass is 10.2. The highest BCUT2D eigenvalue weighted by Crippen LogP contribution is 2.29. The van der Waals surface area contributed by atoms with E-state index < -0.39 is 0 Å². The van der Waals surface area contributed by atoms with Gasteiger partial charge < -0.3 is 9.47 Å². The van der Waals surface area contributed by atoms with Gasteiger partial charge >= 0.3 is 0 Å². The van der Waals surface area contributed by atoms with Crippen molar-refractivity contribution in [1.29, 1.82) is 5.26 Å². The molecule has 104 valence electrons. The van der Waals surface area contributed by atoms with E-state index in [2.05, 4.69) is 27.1 Å². The van der Waals surface area contributed by atoms with Gasteiger partial charge in [-0.1, -0.05) is 0 Å². The quantitative estimate of drug-likeness (QED) is 0.861. The van der Waals surface area contributed by atoms with E-state index in [0.717, 1.165) is 15.9 Å². The van der Waals surface area contributed by atoms with Crippen molar-refractivity contribution in [3.05, 3.63) is 39.6 Å². The van der Waals surface area contributed by atoms with Gasteiger partial charge in [0.15, 0.2) is 11.5 Å². The van der Waals surface area contributed by atoms with Crippen LogP contribution in [0, 0.1) is 18.3 Å². The smallest absolute Gasteiger partial charge is 0.162 e. The second kappa shape index (κ2) is 5.97. The topological polar surface area (TPSA) is 60.1 Å². The second-order valence-electron chi connectivity index (χ2n) is 4.24. The van der Waals surface area contributed by atoms with Crippen molar-refractivity contribution in [3.8, 4) is 17.6 Å². The summed E-state index contributed by atoms with van der Waals surface area (Å²) in [7, 11) is 3.42. The standard InChI is InChI=1S/C14H14BrN3O2/c1-9-14(15)11(18(2)17-9)8-20-12-5-4-10(7-16)6-13(12)19-3/h4-6H,8H2,1-3H3. The summed E-state index contributed by atoms with van der Waals surface area (Å²) in [6.07, 6.45) is 0. The highest BCUT2D eigenvalue weighted by Gasteiger charge is 2.13. The van der Waals surface area contributed by atoms with Gasteiger partial charge in [0.2, 0.25) is 0 Å². The van der Waals surface area contributed by atoms with E-state index in [1.165, 1.54) is 0 Å². The van der Waals surface area contributed by atoms with Crippen LogP contribution in [0.25, 0.3) is 0 Å². The Morgan fingerprint density at radius 3 is 2.70 bits per heavy atom. The number of nitriles is 1. The van der Waals surface area contributed by atoms with Gasteiger partial charge in [0.05, 0.1) is 34.6 Å². The average Bonchev–Trinajstić information content (AvgIpc) is 2.70. The Morgan fingerprint density at radius 1 is 1.40 bits per heavy atom. The molecule has 2 rings (SSSR count). The minimum absolute atomic E-state index is 0.361. The molecule has 0 spiro atoms. The number of benzene rings is 1. The molecule has 1 heterocycles. The molecular formula is C14H14BrN3O2. The first kappa shape index (κ1) is 14.4. The molecule has 20 heavy (non-hydrogen) atoms. The van der Waals surface area contributed by atoms with Crippen LogP contribution in [-0.4, -0.2) is 16.9 Å². The van der Waals surface area contributed by atoms with Crippen LogP contribution < -0.4 is 9.47 Å². The minimum Gasteiger partial charge on any atom is -0.493 e. The molecule has 0 amide bonds. The van der Waals surface area contributed by atoms with Crippen LogP contribution >= 0.6 is 15.9 Å². The van der Waals surface area contributed by atoms with Crippen molar-refractivity contribution < 1.29 is 9.47 Å². The van der Waals surface area contributed by atoms with Gasteiger partial charge in [0, 0.05) is 13.1 Å². The number of hydrogen-bond donors (Lipinski definition) is 0. The molecule has 0 unspecified atom stereocenters. The maximum atomic E-state index is 8.87. The zero-order valence-corrected chi connectivity index (χ0v) is 13.1. The number of rotatable bonds is 4. The van der Waals surface area contributed by atoms with Crippen LogP contribution in [0.5, 0.6) is 11.5 Å². The van der Waals surface area contributed by atoms with Gasteiger partial charge in [-0.05, 0) is 35.0 Å². The molecule has 0 saturated heterocycles. The molecule has 0 saturated carbocycles. The van der Waals surface area contributed by atoms with Crippen LogP contribution in [0.15, 0.2) is 22.7 Å². The number of aromatic nitrogens is 2. The van der Waals surface area contributed by atoms with Crippen molar-refractivity contribution in [2.45, 2.75) is 13.5 Å². The number of ether oxygens (including phenoxy) is 2. The summed E-state index contributed by atoms with van der Waals surface area (Å²) in [5.74, 6) is 1.14. The van der Waals surface area contributed by atoms with E-state index in [1.54, 1.807) is 30.0 Å². The summed E-state index contributed by atoms with van der Waals surface area (Å²) in [4.78, 5) is 0. The Morgan fingerprint density at radius 2 is 2.15 bits per heavy atom. The van der Waals surface area contributed by atoms with Crippen molar-refractivity contribution >= 4 is 15.9 Å². The molecule has 5 nitrogen and oxygen atoms in total. The highest BCUT2D eigenvalue weighted by atomic mass is 79.9. The average molecular weight is 336 g/mol. The minimum atomic E-state index is 0.361. The second-order valence-corrected chi connectivity index (χ2v) is 5.03. The third kappa shape index (κ3) is 2.78. The third-order valence-corrected chi connectivity index (χ3v) is 3.95. The summed E-state index contributed by atoms with van der Waals surface area (Å²) in [5, 5.41) is 13.2. The maximum absolute atomic E-state index is 8.87. The van der Waals surface area contributed by atoms with E-state index >= 15 is 0 Å². The summed E-state index contributed by atoms with van der Waals surface area (Å²) in [5.41, 5.74) is 2.39. The number of hydrogen-bond acceptors (Lipinski definition) is 4. The number of aryl methyl sites for hydroxylation is 2. The lowest BCUT2D eigenvalue weighted by molar-refractivity contribution is 0.275. The fourth-order valence-corrected chi connectivity index (χ4v) is 2.29. The summed E-state index contributed by atoms with van der Waals surface area (Å²) in [6.45, 7) is 2.29. The predicted octanol–water partition coefficient (Wildman–Crippen LogP) is 2.95. The Kier molecular flexibility index (Phi) is 4.30. The van der Waals surface area contributed by atoms with Gasteiger partial charge in [-0.3, -0.25) is 4.68 Å². The monoisotopic (exact) mass is 335 g/mol. The number of methoxy groups -OCH3 is 1. The molecule has 0 aliphatic rings. The van der Waals surface area contributed by atoms with Gasteiger partial charge in [0.25, 0.3) is 0 Å². The van der Waals surface area contributed by atoms with E-state index in [9.17, 15) is 0 Å². The molecule has 0 radical (unpaired) electrons. The largest absolute Gasteiger partial charge is 0.493 e. The Balaban J connectivity index is 2.21. The van der Waals surface area contributed by atoms with Crippen molar-refractivity contribution in [2.24, 2.45) is 7.05 Å². The van der Waals surface area contributed by atoms with E-state index in [1.807, 2.05) is 14.0 Å². The fraction of sp³-hybridized carbons (Fsp3) is 0.286. The Labute approximate surface area is 125 Å². The molecule has 0 N–H and O–H groups in total. The molecular weight excluding hydrogens is 322 g/mol. The molecule has 0 aliphatic carbocycles. The van der Waals surface area contributed by atoms with Crippen molar-refractivity contribution in [1.82, 2.24) is 9.78 Å². The molecule has 0 bridgehead atoms. The van der Waals surface area contributed by atoms with E-state index in [4.69, 9.17) is 14.7 Å².